The van der Waals surface area contributed by atoms with Gasteiger partial charge in [0.15, 0.2) is 0 Å². The van der Waals surface area contributed by atoms with Gasteiger partial charge in [-0.1, -0.05) is 0 Å². The van der Waals surface area contributed by atoms with E-state index in [1.807, 2.05) is 0 Å². The molecule has 1 N–H and O–H groups in total. The summed E-state index contributed by atoms with van der Waals surface area (Å²) in [5.74, 6) is 0. The first kappa shape index (κ1) is 8.70. The molecule has 1 fully saturated rings. The Balaban J connectivity index is 2.25. The van der Waals surface area contributed by atoms with Crippen LogP contribution in [0.25, 0.3) is 0 Å². The number of hydrogen-bond donors (Lipinski definition) is 1. The maximum atomic E-state index is 8.76. The van der Waals surface area contributed by atoms with Crippen LogP contribution < -0.4 is 21.5 Å². The summed E-state index contributed by atoms with van der Waals surface area (Å²) >= 11 is 0.195. The summed E-state index contributed by atoms with van der Waals surface area (Å²) in [6, 6.07) is 0. The van der Waals surface area contributed by atoms with E-state index >= 15 is 0 Å². The Morgan fingerprint density at radius 1 is 1.80 bits per heavy atom. The standard InChI is InChI=1S/C6H13INO2/c1-7-8-2-3-10-6(4-8)5-9/h6,9H,2-5H2,1H3/q-1. The molecule has 1 atom stereocenters. The van der Waals surface area contributed by atoms with Crippen LogP contribution in [0.4, 0.5) is 0 Å². The van der Waals surface area contributed by atoms with Gasteiger partial charge in [0.05, 0.1) is 0 Å². The second-order valence-electron chi connectivity index (χ2n) is 2.21. The van der Waals surface area contributed by atoms with Crippen molar-refractivity contribution in [3.8, 4) is 0 Å². The Morgan fingerprint density at radius 2 is 2.60 bits per heavy atom. The van der Waals surface area contributed by atoms with Crippen molar-refractivity contribution >= 4 is 0 Å². The Bertz CT molecular complexity index is 91.7. The van der Waals surface area contributed by atoms with E-state index in [0.29, 0.717) is 0 Å². The van der Waals surface area contributed by atoms with E-state index in [0.717, 1.165) is 19.7 Å². The third kappa shape index (κ3) is 2.34. The number of aliphatic hydroxyl groups is 1. The molecule has 1 aliphatic heterocycles. The van der Waals surface area contributed by atoms with Gasteiger partial charge in [0, 0.05) is 0 Å². The van der Waals surface area contributed by atoms with Crippen molar-refractivity contribution in [3.63, 3.8) is 0 Å². The van der Waals surface area contributed by atoms with E-state index < -0.39 is 0 Å². The summed E-state index contributed by atoms with van der Waals surface area (Å²) in [5.41, 5.74) is 0. The van der Waals surface area contributed by atoms with Crippen LogP contribution in [0.5, 0.6) is 0 Å². The first-order chi connectivity index (χ1) is 4.86. The van der Waals surface area contributed by atoms with Crippen molar-refractivity contribution in [1.82, 2.24) is 3.11 Å². The van der Waals surface area contributed by atoms with E-state index in [2.05, 4.69) is 8.04 Å². The van der Waals surface area contributed by atoms with Crippen LogP contribution in [0.3, 0.4) is 0 Å². The number of ether oxygens (including phenoxy) is 1. The zero-order valence-corrected chi connectivity index (χ0v) is 8.24. The third-order valence-electron chi connectivity index (χ3n) is 1.53. The predicted molar refractivity (Wildman–Crippen MR) is 34.3 cm³/mol. The molecule has 0 bridgehead atoms. The second-order valence-corrected chi connectivity index (χ2v) is 4.54. The number of hydrogen-bond acceptors (Lipinski definition) is 3. The predicted octanol–water partition coefficient (Wildman–Crippen LogP) is -3.69. The molecular weight excluding hydrogens is 245 g/mol. The van der Waals surface area contributed by atoms with Gasteiger partial charge in [0.1, 0.15) is 0 Å². The molecule has 0 saturated carbocycles. The number of halogens is 1. The SMILES string of the molecule is C[I-]N1CCOC(CO)C1. The zero-order chi connectivity index (χ0) is 7.40. The topological polar surface area (TPSA) is 32.7 Å². The van der Waals surface area contributed by atoms with Crippen LogP contribution in [0.15, 0.2) is 0 Å². The summed E-state index contributed by atoms with van der Waals surface area (Å²) in [4.78, 5) is 2.23. The fraction of sp³-hybridized carbons (Fsp3) is 1.00. The quantitative estimate of drug-likeness (QED) is 0.314. The van der Waals surface area contributed by atoms with E-state index in [1.54, 1.807) is 0 Å². The summed E-state index contributed by atoms with van der Waals surface area (Å²) < 4.78 is 7.68. The molecule has 0 aromatic rings. The average molecular weight is 258 g/mol. The molecular formula is C6H13INO2-. The molecule has 3 nitrogen and oxygen atoms in total. The van der Waals surface area contributed by atoms with Crippen LogP contribution in [0.2, 0.25) is 0 Å². The van der Waals surface area contributed by atoms with Gasteiger partial charge in [-0.05, 0) is 0 Å². The Labute approximate surface area is 72.0 Å². The van der Waals surface area contributed by atoms with E-state index in [4.69, 9.17) is 9.84 Å². The molecule has 1 rings (SSSR count). The van der Waals surface area contributed by atoms with Crippen molar-refractivity contribution in [2.45, 2.75) is 6.10 Å². The van der Waals surface area contributed by atoms with Gasteiger partial charge < -0.3 is 0 Å². The summed E-state index contributed by atoms with van der Waals surface area (Å²) in [6.45, 7) is 2.94. The van der Waals surface area contributed by atoms with Gasteiger partial charge in [-0.15, -0.1) is 0 Å². The van der Waals surface area contributed by atoms with Gasteiger partial charge in [0.25, 0.3) is 0 Å². The Hall–Kier alpha value is 0.610. The molecule has 1 unspecified atom stereocenters. The van der Waals surface area contributed by atoms with Crippen molar-refractivity contribution in [2.75, 3.05) is 31.2 Å². The zero-order valence-electron chi connectivity index (χ0n) is 6.09. The summed E-state index contributed by atoms with van der Waals surface area (Å²) in [6.07, 6.45) is 0.0772. The van der Waals surface area contributed by atoms with Crippen LogP contribution in [0.1, 0.15) is 0 Å². The van der Waals surface area contributed by atoms with Gasteiger partial charge in [0.2, 0.25) is 0 Å². The molecule has 0 amide bonds. The number of rotatable bonds is 2. The minimum atomic E-state index is 0.0772. The summed E-state index contributed by atoms with van der Waals surface area (Å²) in [5, 5.41) is 8.76. The van der Waals surface area contributed by atoms with Crippen LogP contribution >= 0.6 is 0 Å². The maximum absolute atomic E-state index is 8.76. The molecule has 0 aliphatic carbocycles. The van der Waals surface area contributed by atoms with Gasteiger partial charge in [-0.3, -0.25) is 0 Å². The fourth-order valence-corrected chi connectivity index (χ4v) is 2.46. The monoisotopic (exact) mass is 258 g/mol. The van der Waals surface area contributed by atoms with Crippen LogP contribution in [-0.2, 0) is 4.74 Å². The molecule has 62 valence electrons. The number of aliphatic hydroxyl groups excluding tert-OH is 1. The van der Waals surface area contributed by atoms with Crippen molar-refractivity contribution in [3.05, 3.63) is 0 Å². The molecule has 0 spiro atoms. The van der Waals surface area contributed by atoms with Crippen LogP contribution in [0, 0.1) is 0 Å². The Kier molecular flexibility index (Phi) is 3.90. The molecule has 0 radical (unpaired) electrons. The molecule has 1 heterocycles. The first-order valence-electron chi connectivity index (χ1n) is 3.34. The Morgan fingerprint density at radius 3 is 3.20 bits per heavy atom. The van der Waals surface area contributed by atoms with Gasteiger partial charge in [-0.25, -0.2) is 0 Å². The minimum absolute atomic E-state index is 0.0772. The summed E-state index contributed by atoms with van der Waals surface area (Å²) in [7, 11) is 0. The number of alkyl halides is 1. The first-order valence-corrected chi connectivity index (χ1v) is 6.46. The molecule has 0 aromatic carbocycles. The van der Waals surface area contributed by atoms with Crippen molar-refractivity contribution in [2.24, 2.45) is 0 Å². The molecule has 1 saturated heterocycles. The number of morpholine rings is 1. The fourth-order valence-electron chi connectivity index (χ4n) is 0.947. The molecule has 4 heteroatoms. The normalized spacial score (nSPS) is 29.2. The molecule has 10 heavy (non-hydrogen) atoms. The van der Waals surface area contributed by atoms with Crippen LogP contribution in [-0.4, -0.2) is 45.6 Å². The average Bonchev–Trinajstić information content (AvgIpc) is 2.05. The molecule has 0 aromatic heterocycles. The van der Waals surface area contributed by atoms with E-state index in [9.17, 15) is 0 Å². The van der Waals surface area contributed by atoms with Gasteiger partial charge in [-0.2, -0.15) is 0 Å². The van der Waals surface area contributed by atoms with Crippen molar-refractivity contribution in [1.29, 1.82) is 0 Å². The number of nitrogens with zero attached hydrogens (tertiary/aromatic N) is 1. The van der Waals surface area contributed by atoms with Crippen molar-refractivity contribution < 1.29 is 31.3 Å². The third-order valence-corrected chi connectivity index (χ3v) is 3.77. The molecule has 1 aliphatic rings. The van der Waals surface area contributed by atoms with Gasteiger partial charge >= 0.3 is 71.8 Å². The van der Waals surface area contributed by atoms with E-state index in [1.165, 1.54) is 0 Å². The second kappa shape index (κ2) is 4.48. The van der Waals surface area contributed by atoms with E-state index in [-0.39, 0.29) is 34.2 Å².